The predicted molar refractivity (Wildman–Crippen MR) is 110 cm³/mol. The number of hydrogen-bond acceptors (Lipinski definition) is 2. The highest BCUT2D eigenvalue weighted by Gasteiger charge is 2.40. The van der Waals surface area contributed by atoms with Crippen LogP contribution in [-0.4, -0.2) is 18.8 Å². The lowest BCUT2D eigenvalue weighted by Gasteiger charge is -2.42. The molecular weight excluding hydrogens is 334 g/mol. The van der Waals surface area contributed by atoms with Crippen LogP contribution in [0, 0.1) is 5.41 Å². The molecule has 140 valence electrons. The summed E-state index contributed by atoms with van der Waals surface area (Å²) >= 11 is 0. The van der Waals surface area contributed by atoms with Crippen molar-refractivity contribution in [3.05, 3.63) is 65.2 Å². The molecular formula is C23H27N3O. The minimum absolute atomic E-state index is 0.0554. The second kappa shape index (κ2) is 7.55. The van der Waals surface area contributed by atoms with E-state index in [1.54, 1.807) is 7.05 Å². The Balaban J connectivity index is 1.68. The number of carbonyl (C=O) groups excluding carboxylic acids is 1. The minimum atomic E-state index is -0.0554. The Hall–Kier alpha value is -2.62. The number of hydrogen-bond donors (Lipinski definition) is 2. The van der Waals surface area contributed by atoms with Crippen molar-refractivity contribution in [2.75, 3.05) is 12.4 Å². The topological polar surface area (TPSA) is 53.5 Å². The second-order valence-corrected chi connectivity index (χ2v) is 7.70. The maximum atomic E-state index is 12.2. The molecule has 4 rings (SSSR count). The van der Waals surface area contributed by atoms with E-state index in [2.05, 4.69) is 34.9 Å². The van der Waals surface area contributed by atoms with Gasteiger partial charge in [0, 0.05) is 23.7 Å². The monoisotopic (exact) mass is 361 g/mol. The molecule has 4 heteroatoms. The first kappa shape index (κ1) is 17.8. The van der Waals surface area contributed by atoms with E-state index >= 15 is 0 Å². The number of benzene rings is 2. The van der Waals surface area contributed by atoms with Gasteiger partial charge >= 0.3 is 0 Å². The summed E-state index contributed by atoms with van der Waals surface area (Å²) in [5.74, 6) is 1.05. The molecule has 2 aliphatic rings. The summed E-state index contributed by atoms with van der Waals surface area (Å²) in [4.78, 5) is 17.2. The fraction of sp³-hybridized carbons (Fsp3) is 0.391. The van der Waals surface area contributed by atoms with Crippen molar-refractivity contribution >= 4 is 17.4 Å². The van der Waals surface area contributed by atoms with E-state index in [4.69, 9.17) is 4.99 Å². The lowest BCUT2D eigenvalue weighted by Crippen LogP contribution is -2.43. The van der Waals surface area contributed by atoms with Crippen LogP contribution in [0.5, 0.6) is 0 Å². The molecule has 0 aromatic heterocycles. The number of para-hydroxylation sites is 1. The molecule has 1 amide bonds. The van der Waals surface area contributed by atoms with E-state index in [1.165, 1.54) is 43.4 Å². The molecule has 1 heterocycles. The van der Waals surface area contributed by atoms with Crippen LogP contribution < -0.4 is 10.6 Å². The Morgan fingerprint density at radius 1 is 1.07 bits per heavy atom. The first-order chi connectivity index (χ1) is 13.2. The van der Waals surface area contributed by atoms with Crippen molar-refractivity contribution in [3.8, 4) is 0 Å². The molecule has 27 heavy (non-hydrogen) atoms. The number of carbonyl (C=O) groups is 1. The lowest BCUT2D eigenvalue weighted by atomic mass is 9.67. The normalized spacial score (nSPS) is 19.4. The van der Waals surface area contributed by atoms with Gasteiger partial charge in [-0.2, -0.15) is 0 Å². The molecule has 2 N–H and O–H groups in total. The molecule has 0 radical (unpaired) electrons. The van der Waals surface area contributed by atoms with Crippen molar-refractivity contribution in [2.45, 2.75) is 45.1 Å². The van der Waals surface area contributed by atoms with Gasteiger partial charge in [-0.1, -0.05) is 55.7 Å². The summed E-state index contributed by atoms with van der Waals surface area (Å²) in [6.45, 7) is 0.524. The zero-order valence-corrected chi connectivity index (χ0v) is 15.9. The van der Waals surface area contributed by atoms with Gasteiger partial charge in [0.1, 0.15) is 5.84 Å². The molecule has 1 aliphatic carbocycles. The van der Waals surface area contributed by atoms with Gasteiger partial charge in [0.25, 0.3) is 5.91 Å². The van der Waals surface area contributed by atoms with Gasteiger partial charge in [-0.25, -0.2) is 0 Å². The van der Waals surface area contributed by atoms with E-state index < -0.39 is 0 Å². The van der Waals surface area contributed by atoms with Crippen LogP contribution in [-0.2, 0) is 13.0 Å². The third-order valence-corrected chi connectivity index (χ3v) is 6.01. The number of anilines is 1. The van der Waals surface area contributed by atoms with Crippen LogP contribution in [0.1, 0.15) is 53.6 Å². The highest BCUT2D eigenvalue weighted by Crippen LogP contribution is 2.45. The molecule has 4 nitrogen and oxygen atoms in total. The first-order valence-electron chi connectivity index (χ1n) is 9.92. The zero-order valence-electron chi connectivity index (χ0n) is 15.9. The fourth-order valence-electron chi connectivity index (χ4n) is 4.53. The maximum absolute atomic E-state index is 12.2. The largest absolute Gasteiger partial charge is 0.355 e. The van der Waals surface area contributed by atoms with Crippen molar-refractivity contribution in [3.63, 3.8) is 0 Å². The van der Waals surface area contributed by atoms with E-state index in [0.717, 1.165) is 17.8 Å². The molecule has 0 bridgehead atoms. The Morgan fingerprint density at radius 3 is 2.63 bits per heavy atom. The second-order valence-electron chi connectivity index (χ2n) is 7.70. The maximum Gasteiger partial charge on any atom is 0.251 e. The fourth-order valence-corrected chi connectivity index (χ4v) is 4.53. The molecule has 0 unspecified atom stereocenters. The number of rotatable bonds is 3. The number of nitrogens with zero attached hydrogens (tertiary/aromatic N) is 1. The van der Waals surface area contributed by atoms with Crippen LogP contribution >= 0.6 is 0 Å². The van der Waals surface area contributed by atoms with Gasteiger partial charge in [-0.05, 0) is 42.5 Å². The molecule has 1 saturated carbocycles. The lowest BCUT2D eigenvalue weighted by molar-refractivity contribution is 0.0962. The number of amides is 1. The van der Waals surface area contributed by atoms with Crippen molar-refractivity contribution in [1.82, 2.24) is 5.32 Å². The van der Waals surface area contributed by atoms with E-state index in [0.29, 0.717) is 12.1 Å². The van der Waals surface area contributed by atoms with Crippen LogP contribution in [0.2, 0.25) is 0 Å². The van der Waals surface area contributed by atoms with Gasteiger partial charge in [-0.3, -0.25) is 9.79 Å². The average molecular weight is 361 g/mol. The molecule has 0 atom stereocenters. The van der Waals surface area contributed by atoms with Gasteiger partial charge in [0.05, 0.1) is 6.54 Å². The summed E-state index contributed by atoms with van der Waals surface area (Å²) in [6, 6.07) is 16.3. The highest BCUT2D eigenvalue weighted by atomic mass is 16.1. The molecule has 1 aliphatic heterocycles. The van der Waals surface area contributed by atoms with Crippen molar-refractivity contribution in [1.29, 1.82) is 0 Å². The average Bonchev–Trinajstić information content (AvgIpc) is 2.72. The van der Waals surface area contributed by atoms with Crippen LogP contribution in [0.25, 0.3) is 0 Å². The van der Waals surface area contributed by atoms with Crippen molar-refractivity contribution in [2.24, 2.45) is 10.4 Å². The number of nitrogens with one attached hydrogen (secondary N) is 2. The first-order valence-corrected chi connectivity index (χ1v) is 9.92. The van der Waals surface area contributed by atoms with E-state index in [-0.39, 0.29) is 11.3 Å². The van der Waals surface area contributed by atoms with Gasteiger partial charge < -0.3 is 10.6 Å². The van der Waals surface area contributed by atoms with Gasteiger partial charge in [-0.15, -0.1) is 0 Å². The summed E-state index contributed by atoms with van der Waals surface area (Å²) in [5, 5.41) is 6.37. The van der Waals surface area contributed by atoms with Crippen LogP contribution in [0.3, 0.4) is 0 Å². The number of aliphatic imine (C=N–C) groups is 1. The number of amidine groups is 1. The standard InChI is InChI=1S/C23H27N3O/c1-24-21(27)19-11-5-3-10-18(19)16-25-22-23(13-7-2-8-14-23)15-17-9-4-6-12-20(17)26-22/h3-6,9-12H,2,7-8,13-16H2,1H3,(H,24,27)(H,25,26). The van der Waals surface area contributed by atoms with E-state index in [9.17, 15) is 4.79 Å². The predicted octanol–water partition coefficient (Wildman–Crippen LogP) is 4.56. The van der Waals surface area contributed by atoms with Crippen LogP contribution in [0.4, 0.5) is 5.69 Å². The third kappa shape index (κ3) is 3.48. The van der Waals surface area contributed by atoms with Gasteiger partial charge in [0.15, 0.2) is 0 Å². The Kier molecular flexibility index (Phi) is 4.97. The zero-order chi connectivity index (χ0) is 18.7. The van der Waals surface area contributed by atoms with Crippen LogP contribution in [0.15, 0.2) is 53.5 Å². The molecule has 0 saturated heterocycles. The summed E-state index contributed by atoms with van der Waals surface area (Å²) in [6.07, 6.45) is 7.27. The molecule has 1 spiro atoms. The van der Waals surface area contributed by atoms with E-state index in [1.807, 2.05) is 24.3 Å². The van der Waals surface area contributed by atoms with Crippen molar-refractivity contribution < 1.29 is 4.79 Å². The quantitative estimate of drug-likeness (QED) is 0.842. The Bertz CT molecular complexity index is 865. The summed E-state index contributed by atoms with van der Waals surface area (Å²) in [5.41, 5.74) is 4.36. The molecule has 2 aromatic carbocycles. The summed E-state index contributed by atoms with van der Waals surface area (Å²) < 4.78 is 0. The third-order valence-electron chi connectivity index (χ3n) is 6.01. The molecule has 1 fully saturated rings. The van der Waals surface area contributed by atoms with Gasteiger partial charge in [0.2, 0.25) is 0 Å². The Morgan fingerprint density at radius 2 is 1.81 bits per heavy atom. The Labute approximate surface area is 161 Å². The number of fused-ring (bicyclic) bond motifs is 1. The smallest absolute Gasteiger partial charge is 0.251 e. The minimum Gasteiger partial charge on any atom is -0.355 e. The molecule has 2 aromatic rings. The summed E-state index contributed by atoms with van der Waals surface area (Å²) in [7, 11) is 1.67. The SMILES string of the molecule is CNC(=O)c1ccccc1CN=C1Nc2ccccc2CC12CCCCC2. The highest BCUT2D eigenvalue weighted by molar-refractivity contribution is 6.02.